The van der Waals surface area contributed by atoms with E-state index in [0.717, 1.165) is 47.3 Å². The lowest BCUT2D eigenvalue weighted by molar-refractivity contribution is -0.00618. The minimum atomic E-state index is 0.188. The van der Waals surface area contributed by atoms with E-state index in [2.05, 4.69) is 11.9 Å². The van der Waals surface area contributed by atoms with E-state index in [4.69, 9.17) is 0 Å². The number of rotatable bonds is 7. The number of halogens is 1. The van der Waals surface area contributed by atoms with Crippen LogP contribution in [0.4, 0.5) is 4.53 Å². The fraction of sp³-hybridized carbons (Fsp3) is 0.435. The third-order valence-corrected chi connectivity index (χ3v) is 5.90. The fourth-order valence-electron chi connectivity index (χ4n) is 4.26. The van der Waals surface area contributed by atoms with Crippen LogP contribution in [-0.4, -0.2) is 6.29 Å². The standard InChI is InChI=1S/C23H27FO2/c1-17(18-6-3-2-4-7-18)10-15-23-20(16-25)8-5-9-22(23)19-11-13-21(26-24)14-12-19/h5,8-9,11-14,16-18H,2-4,6-7,10,15H2,1H3. The fourth-order valence-corrected chi connectivity index (χ4v) is 4.26. The average molecular weight is 354 g/mol. The van der Waals surface area contributed by atoms with Crippen LogP contribution in [0.2, 0.25) is 0 Å². The van der Waals surface area contributed by atoms with Gasteiger partial charge >= 0.3 is 0 Å². The zero-order valence-electron chi connectivity index (χ0n) is 15.4. The summed E-state index contributed by atoms with van der Waals surface area (Å²) < 4.78 is 12.3. The van der Waals surface area contributed by atoms with Gasteiger partial charge in [-0.3, -0.25) is 9.74 Å². The van der Waals surface area contributed by atoms with Gasteiger partial charge in [0.25, 0.3) is 0 Å². The molecule has 0 aromatic heterocycles. The first-order valence-electron chi connectivity index (χ1n) is 9.69. The molecule has 1 saturated carbocycles. The minimum absolute atomic E-state index is 0.188. The molecular weight excluding hydrogens is 327 g/mol. The summed E-state index contributed by atoms with van der Waals surface area (Å²) in [6.45, 7) is 2.35. The molecule has 1 aliphatic rings. The summed E-state index contributed by atoms with van der Waals surface area (Å²) >= 11 is 0. The first kappa shape index (κ1) is 18.6. The van der Waals surface area contributed by atoms with Gasteiger partial charge < -0.3 is 0 Å². The van der Waals surface area contributed by atoms with Crippen LogP contribution >= 0.6 is 0 Å². The van der Waals surface area contributed by atoms with E-state index >= 15 is 0 Å². The lowest BCUT2D eigenvalue weighted by Crippen LogP contribution is -2.16. The Bertz CT molecular complexity index is 717. The second-order valence-electron chi connectivity index (χ2n) is 7.51. The minimum Gasteiger partial charge on any atom is -0.298 e. The van der Waals surface area contributed by atoms with Gasteiger partial charge in [0.2, 0.25) is 0 Å². The number of benzene rings is 2. The first-order chi connectivity index (χ1) is 12.7. The van der Waals surface area contributed by atoms with Crippen LogP contribution in [-0.2, 0) is 6.42 Å². The van der Waals surface area contributed by atoms with E-state index in [1.807, 2.05) is 30.3 Å². The summed E-state index contributed by atoms with van der Waals surface area (Å²) in [5, 5.41) is 0. The molecule has 0 saturated heterocycles. The molecule has 3 heteroatoms. The van der Waals surface area contributed by atoms with Crippen molar-refractivity contribution in [1.82, 2.24) is 0 Å². The van der Waals surface area contributed by atoms with E-state index in [1.165, 1.54) is 32.1 Å². The van der Waals surface area contributed by atoms with Crippen LogP contribution < -0.4 is 4.94 Å². The topological polar surface area (TPSA) is 26.3 Å². The van der Waals surface area contributed by atoms with Gasteiger partial charge in [0.05, 0.1) is 0 Å². The molecule has 26 heavy (non-hydrogen) atoms. The molecule has 2 aromatic rings. The van der Waals surface area contributed by atoms with E-state index in [1.54, 1.807) is 12.1 Å². The Morgan fingerprint density at radius 3 is 2.50 bits per heavy atom. The second-order valence-corrected chi connectivity index (χ2v) is 7.51. The van der Waals surface area contributed by atoms with Gasteiger partial charge in [-0.25, -0.2) is 0 Å². The SMILES string of the molecule is CC(CCc1c(C=O)cccc1-c1ccc(OF)cc1)C1CCCCC1. The highest BCUT2D eigenvalue weighted by Gasteiger charge is 2.21. The molecular formula is C23H27FO2. The van der Waals surface area contributed by atoms with Gasteiger partial charge in [-0.05, 0) is 53.5 Å². The maximum absolute atomic E-state index is 12.3. The molecule has 0 bridgehead atoms. The quantitative estimate of drug-likeness (QED) is 0.525. The molecule has 3 rings (SSSR count). The smallest absolute Gasteiger partial charge is 0.171 e. The van der Waals surface area contributed by atoms with E-state index in [9.17, 15) is 9.32 Å². The summed E-state index contributed by atoms with van der Waals surface area (Å²) in [4.78, 5) is 15.4. The highest BCUT2D eigenvalue weighted by Crippen LogP contribution is 2.34. The van der Waals surface area contributed by atoms with Crippen molar-refractivity contribution in [3.63, 3.8) is 0 Å². The Balaban J connectivity index is 1.81. The van der Waals surface area contributed by atoms with Crippen molar-refractivity contribution in [2.24, 2.45) is 11.8 Å². The molecule has 0 aliphatic heterocycles. The van der Waals surface area contributed by atoms with Crippen LogP contribution in [0.1, 0.15) is 61.4 Å². The van der Waals surface area contributed by atoms with Crippen LogP contribution in [0.15, 0.2) is 42.5 Å². The van der Waals surface area contributed by atoms with Gasteiger partial charge in [-0.2, -0.15) is 0 Å². The first-order valence-corrected chi connectivity index (χ1v) is 9.69. The summed E-state index contributed by atoms with van der Waals surface area (Å²) in [7, 11) is 0. The highest BCUT2D eigenvalue weighted by molar-refractivity contribution is 5.83. The van der Waals surface area contributed by atoms with Crippen molar-refractivity contribution in [2.45, 2.75) is 51.9 Å². The molecule has 0 spiro atoms. The molecule has 2 aromatic carbocycles. The van der Waals surface area contributed by atoms with Crippen LogP contribution in [0, 0.1) is 11.8 Å². The Morgan fingerprint density at radius 2 is 1.85 bits per heavy atom. The zero-order valence-corrected chi connectivity index (χ0v) is 15.4. The van der Waals surface area contributed by atoms with Crippen molar-refractivity contribution < 1.29 is 14.3 Å². The number of carbonyl (C=O) groups excluding carboxylic acids is 1. The highest BCUT2D eigenvalue weighted by atomic mass is 19.3. The summed E-state index contributed by atoms with van der Waals surface area (Å²) in [5.74, 6) is 1.68. The van der Waals surface area contributed by atoms with Crippen molar-refractivity contribution in [3.05, 3.63) is 53.6 Å². The zero-order chi connectivity index (χ0) is 18.4. The molecule has 1 fully saturated rings. The van der Waals surface area contributed by atoms with E-state index < -0.39 is 0 Å². The van der Waals surface area contributed by atoms with Crippen LogP contribution in [0.5, 0.6) is 5.75 Å². The van der Waals surface area contributed by atoms with Crippen molar-refractivity contribution in [1.29, 1.82) is 0 Å². The lowest BCUT2D eigenvalue weighted by Gasteiger charge is -2.28. The van der Waals surface area contributed by atoms with Crippen molar-refractivity contribution in [2.75, 3.05) is 0 Å². The number of hydrogen-bond donors (Lipinski definition) is 0. The Labute approximate surface area is 155 Å². The van der Waals surface area contributed by atoms with E-state index in [0.29, 0.717) is 5.92 Å². The predicted octanol–water partition coefficient (Wildman–Crippen LogP) is 6.58. The van der Waals surface area contributed by atoms with Gasteiger partial charge in [0.1, 0.15) is 6.29 Å². The van der Waals surface area contributed by atoms with Gasteiger partial charge in [-0.1, -0.05) is 69.4 Å². The van der Waals surface area contributed by atoms with Gasteiger partial charge in [0.15, 0.2) is 5.75 Å². The van der Waals surface area contributed by atoms with Gasteiger partial charge in [-0.15, -0.1) is 0 Å². The predicted molar refractivity (Wildman–Crippen MR) is 103 cm³/mol. The second kappa shape index (κ2) is 8.98. The maximum atomic E-state index is 12.3. The van der Waals surface area contributed by atoms with Crippen molar-refractivity contribution >= 4 is 6.29 Å². The molecule has 1 atom stereocenters. The number of carbonyl (C=O) groups is 1. The molecule has 1 unspecified atom stereocenters. The Hall–Kier alpha value is -2.16. The number of aldehydes is 1. The maximum Gasteiger partial charge on any atom is 0.171 e. The lowest BCUT2D eigenvalue weighted by atomic mass is 9.78. The normalized spacial score (nSPS) is 16.2. The molecule has 0 N–H and O–H groups in total. The van der Waals surface area contributed by atoms with Crippen molar-refractivity contribution in [3.8, 4) is 16.9 Å². The monoisotopic (exact) mass is 354 g/mol. The summed E-state index contributed by atoms with van der Waals surface area (Å²) in [6, 6.07) is 12.7. The van der Waals surface area contributed by atoms with E-state index in [-0.39, 0.29) is 5.75 Å². The molecule has 0 amide bonds. The average Bonchev–Trinajstić information content (AvgIpc) is 2.72. The molecule has 2 nitrogen and oxygen atoms in total. The van der Waals surface area contributed by atoms with Gasteiger partial charge in [0, 0.05) is 10.1 Å². The molecule has 0 radical (unpaired) electrons. The van der Waals surface area contributed by atoms with Crippen LogP contribution in [0.25, 0.3) is 11.1 Å². The Kier molecular flexibility index (Phi) is 6.43. The molecule has 0 heterocycles. The summed E-state index contributed by atoms with van der Waals surface area (Å²) in [6.07, 6.45) is 9.70. The molecule has 1 aliphatic carbocycles. The molecule has 138 valence electrons. The summed E-state index contributed by atoms with van der Waals surface area (Å²) in [5.41, 5.74) is 3.88. The number of hydrogen-bond acceptors (Lipinski definition) is 2. The third-order valence-electron chi connectivity index (χ3n) is 5.90. The van der Waals surface area contributed by atoms with Crippen LogP contribution in [0.3, 0.4) is 0 Å². The largest absolute Gasteiger partial charge is 0.298 e. The Morgan fingerprint density at radius 1 is 1.12 bits per heavy atom. The third kappa shape index (κ3) is 4.32.